The van der Waals surface area contributed by atoms with E-state index in [0.29, 0.717) is 6.07 Å². The van der Waals surface area contributed by atoms with Gasteiger partial charge < -0.3 is 0 Å². The van der Waals surface area contributed by atoms with E-state index in [1.54, 1.807) is 12.1 Å². The van der Waals surface area contributed by atoms with Crippen molar-refractivity contribution in [1.29, 1.82) is 10.5 Å². The first kappa shape index (κ1) is 18.3. The van der Waals surface area contributed by atoms with Gasteiger partial charge in [-0.3, -0.25) is 30.3 Å². The highest BCUT2D eigenvalue weighted by Crippen LogP contribution is 2.45. The minimum absolute atomic E-state index is 0.335. The third kappa shape index (κ3) is 3.10. The Balaban J connectivity index is 3.04. The highest BCUT2D eigenvalue weighted by molar-refractivity contribution is 6.34. The molecule has 2 aromatic carbocycles. The van der Waals surface area contributed by atoms with Crippen LogP contribution in [-0.4, -0.2) is 14.8 Å². The van der Waals surface area contributed by atoms with Gasteiger partial charge in [-0.05, 0) is 0 Å². The van der Waals surface area contributed by atoms with Crippen LogP contribution >= 0.6 is 11.6 Å². The highest BCUT2D eigenvalue weighted by Gasteiger charge is 2.32. The minimum atomic E-state index is -1.02. The first-order valence-electron chi connectivity index (χ1n) is 6.38. The summed E-state index contributed by atoms with van der Waals surface area (Å²) in [5, 5.41) is 51.2. The largest absolute Gasteiger partial charge is 0.285 e. The second-order valence-corrected chi connectivity index (χ2v) is 5.04. The topological polar surface area (TPSA) is 177 Å². The number of nitro benzene ring substituents is 3. The lowest BCUT2D eigenvalue weighted by atomic mass is 9.94. The maximum absolute atomic E-state index is 11.4. The predicted molar refractivity (Wildman–Crippen MR) is 85.1 cm³/mol. The van der Waals surface area contributed by atoms with E-state index in [-0.39, 0.29) is 5.56 Å². The number of nitriles is 2. The minimum Gasteiger partial charge on any atom is -0.258 e. The van der Waals surface area contributed by atoms with Gasteiger partial charge in [0, 0.05) is 18.2 Å². The van der Waals surface area contributed by atoms with Crippen LogP contribution in [0.15, 0.2) is 18.2 Å². The van der Waals surface area contributed by atoms with E-state index in [1.807, 2.05) is 0 Å². The number of halogens is 1. The summed E-state index contributed by atoms with van der Waals surface area (Å²) in [6.45, 7) is 0. The zero-order valence-electron chi connectivity index (χ0n) is 12.3. The molecule has 0 aliphatic rings. The van der Waals surface area contributed by atoms with Crippen molar-refractivity contribution in [2.24, 2.45) is 0 Å². The van der Waals surface area contributed by atoms with Crippen LogP contribution in [0.25, 0.3) is 11.1 Å². The molecule has 127 valence electrons. The third-order valence-electron chi connectivity index (χ3n) is 3.19. The maximum atomic E-state index is 11.4. The number of benzene rings is 2. The molecule has 0 heterocycles. The molecule has 2 aromatic rings. The Morgan fingerprint density at radius 2 is 1.46 bits per heavy atom. The standard InChI is InChI=1S/C14H3ClN5O6/c15-10-3-9(18(21)22)4-12(20(25)26)14(10)13-8(6-17)1-7(5-16)2-11(13)19(23)24/h2-4H. The van der Waals surface area contributed by atoms with Crippen molar-refractivity contribution in [2.45, 2.75) is 0 Å². The van der Waals surface area contributed by atoms with Gasteiger partial charge in [-0.15, -0.1) is 0 Å². The van der Waals surface area contributed by atoms with E-state index in [9.17, 15) is 35.6 Å². The van der Waals surface area contributed by atoms with Crippen molar-refractivity contribution in [3.8, 4) is 23.3 Å². The molecule has 26 heavy (non-hydrogen) atoms. The Kier molecular flexibility index (Phi) is 4.77. The lowest BCUT2D eigenvalue weighted by molar-refractivity contribution is -0.394. The first-order chi connectivity index (χ1) is 12.2. The van der Waals surface area contributed by atoms with Gasteiger partial charge in [-0.25, -0.2) is 0 Å². The summed E-state index contributed by atoms with van der Waals surface area (Å²) in [5.41, 5.74) is -4.37. The Labute approximate surface area is 148 Å². The molecule has 0 bridgehead atoms. The molecule has 12 heteroatoms. The Bertz CT molecular complexity index is 1070. The number of nitrogens with zero attached hydrogens (tertiary/aromatic N) is 5. The first-order valence-corrected chi connectivity index (χ1v) is 6.76. The molecule has 0 amide bonds. The van der Waals surface area contributed by atoms with E-state index in [2.05, 4.69) is 6.07 Å². The molecule has 11 nitrogen and oxygen atoms in total. The van der Waals surface area contributed by atoms with Crippen molar-refractivity contribution in [1.82, 2.24) is 0 Å². The summed E-state index contributed by atoms with van der Waals surface area (Å²) in [6, 6.07) is 7.57. The number of hydrogen-bond acceptors (Lipinski definition) is 8. The van der Waals surface area contributed by atoms with Crippen LogP contribution in [-0.2, 0) is 0 Å². The fourth-order valence-corrected chi connectivity index (χ4v) is 2.49. The van der Waals surface area contributed by atoms with Crippen molar-refractivity contribution < 1.29 is 14.8 Å². The average molecular weight is 373 g/mol. The summed E-state index contributed by atoms with van der Waals surface area (Å²) in [6.07, 6.45) is 0. The molecule has 0 saturated carbocycles. The monoisotopic (exact) mass is 372 g/mol. The van der Waals surface area contributed by atoms with E-state index < -0.39 is 53.5 Å². The van der Waals surface area contributed by atoms with E-state index >= 15 is 0 Å². The van der Waals surface area contributed by atoms with Crippen molar-refractivity contribution in [3.05, 3.63) is 70.8 Å². The van der Waals surface area contributed by atoms with Crippen molar-refractivity contribution in [2.75, 3.05) is 0 Å². The maximum Gasteiger partial charge on any atom is 0.285 e. The van der Waals surface area contributed by atoms with E-state index in [0.717, 1.165) is 12.1 Å². The molecule has 0 saturated heterocycles. The van der Waals surface area contributed by atoms with Crippen LogP contribution in [0.5, 0.6) is 0 Å². The van der Waals surface area contributed by atoms with Gasteiger partial charge in [0.2, 0.25) is 0 Å². The highest BCUT2D eigenvalue weighted by atomic mass is 35.5. The number of rotatable bonds is 4. The molecular formula is C14H3ClN5O6. The van der Waals surface area contributed by atoms with Crippen LogP contribution in [0, 0.1) is 59.1 Å². The second-order valence-electron chi connectivity index (χ2n) is 4.63. The summed E-state index contributed by atoms with van der Waals surface area (Å²) in [7, 11) is 0. The zero-order chi connectivity index (χ0) is 19.6. The van der Waals surface area contributed by atoms with Crippen LogP contribution in [0.1, 0.15) is 11.1 Å². The zero-order valence-corrected chi connectivity index (χ0v) is 13.1. The summed E-state index contributed by atoms with van der Waals surface area (Å²) >= 11 is 5.92. The normalized spacial score (nSPS) is 9.81. The van der Waals surface area contributed by atoms with Crippen molar-refractivity contribution >= 4 is 28.7 Å². The quantitative estimate of drug-likeness (QED) is 0.579. The Morgan fingerprint density at radius 3 is 1.92 bits per heavy atom. The lowest BCUT2D eigenvalue weighted by Crippen LogP contribution is -2.01. The smallest absolute Gasteiger partial charge is 0.258 e. The summed E-state index contributed by atoms with van der Waals surface area (Å²) in [4.78, 5) is 30.7. The molecule has 0 aliphatic heterocycles. The van der Waals surface area contributed by atoms with Gasteiger partial charge in [0.25, 0.3) is 17.1 Å². The molecular weight excluding hydrogens is 370 g/mol. The number of nitro groups is 3. The molecule has 0 atom stereocenters. The molecule has 0 aliphatic carbocycles. The molecule has 0 aromatic heterocycles. The van der Waals surface area contributed by atoms with Gasteiger partial charge in [0.15, 0.2) is 0 Å². The van der Waals surface area contributed by atoms with E-state index in [1.165, 1.54) is 0 Å². The molecule has 0 N–H and O–H groups in total. The predicted octanol–water partition coefficient (Wildman–Crippen LogP) is 3.28. The molecule has 1 radical (unpaired) electrons. The van der Waals surface area contributed by atoms with E-state index in [4.69, 9.17) is 16.9 Å². The van der Waals surface area contributed by atoms with Crippen LogP contribution in [0.3, 0.4) is 0 Å². The van der Waals surface area contributed by atoms with Gasteiger partial charge in [0.1, 0.15) is 12.1 Å². The van der Waals surface area contributed by atoms with Gasteiger partial charge in [0.05, 0.1) is 48.1 Å². The fourth-order valence-electron chi connectivity index (χ4n) is 2.19. The Hall–Kier alpha value is -4.09. The SMILES string of the molecule is N#Cc1[c]c(C#N)c(-c2c(Cl)cc([N+](=O)[O-])cc2[N+](=O)[O-])c([N+](=O)[O-])c1. The second kappa shape index (κ2) is 6.80. The van der Waals surface area contributed by atoms with Crippen LogP contribution in [0.2, 0.25) is 5.02 Å². The fraction of sp³-hybridized carbons (Fsp3) is 0. The summed E-state index contributed by atoms with van der Waals surface area (Å²) < 4.78 is 0. The van der Waals surface area contributed by atoms with Gasteiger partial charge in [-0.2, -0.15) is 10.5 Å². The number of hydrogen-bond donors (Lipinski definition) is 0. The van der Waals surface area contributed by atoms with Crippen LogP contribution in [0.4, 0.5) is 17.1 Å². The molecule has 0 unspecified atom stereocenters. The molecule has 0 fully saturated rings. The van der Waals surface area contributed by atoms with Crippen LogP contribution < -0.4 is 0 Å². The van der Waals surface area contributed by atoms with Gasteiger partial charge >= 0.3 is 0 Å². The average Bonchev–Trinajstić information content (AvgIpc) is 2.59. The summed E-state index contributed by atoms with van der Waals surface area (Å²) in [5.74, 6) is 0. The van der Waals surface area contributed by atoms with Gasteiger partial charge in [-0.1, -0.05) is 11.6 Å². The number of non-ortho nitro benzene ring substituents is 1. The molecule has 0 spiro atoms. The third-order valence-corrected chi connectivity index (χ3v) is 3.49. The lowest BCUT2D eigenvalue weighted by Gasteiger charge is -2.09. The Morgan fingerprint density at radius 1 is 0.885 bits per heavy atom. The molecule has 2 rings (SSSR count). The van der Waals surface area contributed by atoms with Crippen molar-refractivity contribution in [3.63, 3.8) is 0 Å².